The highest BCUT2D eigenvalue weighted by Gasteiger charge is 2.36. The van der Waals surface area contributed by atoms with Gasteiger partial charge in [-0.05, 0) is 0 Å². The summed E-state index contributed by atoms with van der Waals surface area (Å²) in [7, 11) is 0. The van der Waals surface area contributed by atoms with E-state index in [4.69, 9.17) is 0 Å². The molecule has 0 saturated heterocycles. The molecule has 0 aliphatic carbocycles. The second kappa shape index (κ2) is 8.26. The molecule has 0 N–H and O–H groups in total. The normalized spacial score (nSPS) is 12.9. The van der Waals surface area contributed by atoms with Crippen LogP contribution >= 0.6 is 31.9 Å². The Kier molecular flexibility index (Phi) is 6.34. The van der Waals surface area contributed by atoms with Gasteiger partial charge in [0.25, 0.3) is 0 Å². The number of hydrogen-bond donors (Lipinski definition) is 0. The summed E-state index contributed by atoms with van der Waals surface area (Å²) in [5.41, 5.74) is 0.613. The summed E-state index contributed by atoms with van der Waals surface area (Å²) in [5, 5.41) is 0. The molecule has 0 radical (unpaired) electrons. The molecule has 4 nitrogen and oxygen atoms in total. The standard InChI is InChI=1S/C18H12Br2O4/c19-13(15(21)11-7-3-1-4-8-11)17(23)18(24)14(20)16(22)12-9-5-2-6-10-12/h1-10,13-14H. The Labute approximate surface area is 155 Å². The van der Waals surface area contributed by atoms with Crippen LogP contribution in [0.3, 0.4) is 0 Å². The molecule has 0 heterocycles. The number of ketones is 4. The van der Waals surface area contributed by atoms with Crippen molar-refractivity contribution in [2.45, 2.75) is 9.65 Å². The molecular formula is C18H12Br2O4. The zero-order valence-corrected chi connectivity index (χ0v) is 15.5. The monoisotopic (exact) mass is 450 g/mol. The molecule has 2 aromatic rings. The molecule has 0 saturated carbocycles. The minimum atomic E-state index is -1.32. The Morgan fingerprint density at radius 3 is 1.17 bits per heavy atom. The molecule has 0 aromatic heterocycles. The third kappa shape index (κ3) is 4.13. The molecule has 0 aliphatic heterocycles. The number of benzene rings is 2. The highest BCUT2D eigenvalue weighted by Crippen LogP contribution is 2.17. The first-order valence-corrected chi connectivity index (χ1v) is 8.81. The molecule has 2 aromatic carbocycles. The van der Waals surface area contributed by atoms with Crippen molar-refractivity contribution in [1.82, 2.24) is 0 Å². The van der Waals surface area contributed by atoms with Crippen molar-refractivity contribution in [3.8, 4) is 0 Å². The van der Waals surface area contributed by atoms with E-state index in [1.54, 1.807) is 60.7 Å². The van der Waals surface area contributed by atoms with Crippen molar-refractivity contribution < 1.29 is 19.2 Å². The quantitative estimate of drug-likeness (QED) is 0.280. The molecule has 0 amide bonds. The van der Waals surface area contributed by atoms with E-state index in [2.05, 4.69) is 31.9 Å². The average molecular weight is 452 g/mol. The van der Waals surface area contributed by atoms with E-state index in [1.165, 1.54) is 0 Å². The third-order valence-corrected chi connectivity index (χ3v) is 4.94. The molecule has 2 atom stereocenters. The first-order valence-electron chi connectivity index (χ1n) is 6.98. The second-order valence-electron chi connectivity index (χ2n) is 4.91. The highest BCUT2D eigenvalue weighted by molar-refractivity contribution is 9.10. The summed E-state index contributed by atoms with van der Waals surface area (Å²) < 4.78 is 0. The van der Waals surface area contributed by atoms with E-state index in [0.717, 1.165) is 0 Å². The van der Waals surface area contributed by atoms with Crippen molar-refractivity contribution in [3.05, 3.63) is 71.8 Å². The fourth-order valence-electron chi connectivity index (χ4n) is 1.99. The lowest BCUT2D eigenvalue weighted by Crippen LogP contribution is -2.38. The minimum absolute atomic E-state index is 0.307. The SMILES string of the molecule is O=C(C(=O)C(Br)C(=O)c1ccccc1)C(Br)C(=O)c1ccccc1. The van der Waals surface area contributed by atoms with E-state index in [9.17, 15) is 19.2 Å². The van der Waals surface area contributed by atoms with Gasteiger partial charge in [-0.2, -0.15) is 0 Å². The van der Waals surface area contributed by atoms with Crippen LogP contribution in [0.15, 0.2) is 60.7 Å². The van der Waals surface area contributed by atoms with Crippen LogP contribution < -0.4 is 0 Å². The summed E-state index contributed by atoms with van der Waals surface area (Å²) in [6.45, 7) is 0. The Balaban J connectivity index is 2.12. The molecule has 0 bridgehead atoms. The summed E-state index contributed by atoms with van der Waals surface area (Å²) in [6, 6.07) is 16.3. The highest BCUT2D eigenvalue weighted by atomic mass is 79.9. The minimum Gasteiger partial charge on any atom is -0.292 e. The van der Waals surface area contributed by atoms with Crippen LogP contribution in [-0.2, 0) is 9.59 Å². The van der Waals surface area contributed by atoms with Crippen LogP contribution in [0.5, 0.6) is 0 Å². The number of Topliss-reactive ketones (excluding diaryl/α,β-unsaturated/α-hetero) is 4. The predicted octanol–water partition coefficient (Wildman–Crippen LogP) is 3.42. The molecule has 0 aliphatic rings. The van der Waals surface area contributed by atoms with Crippen LogP contribution in [0, 0.1) is 0 Å². The van der Waals surface area contributed by atoms with E-state index in [0.29, 0.717) is 11.1 Å². The van der Waals surface area contributed by atoms with Gasteiger partial charge in [0, 0.05) is 11.1 Å². The van der Waals surface area contributed by atoms with Crippen LogP contribution in [0.2, 0.25) is 0 Å². The number of rotatable bonds is 7. The third-order valence-electron chi connectivity index (χ3n) is 3.28. The van der Waals surface area contributed by atoms with Crippen LogP contribution in [0.1, 0.15) is 20.7 Å². The van der Waals surface area contributed by atoms with Crippen molar-refractivity contribution in [3.63, 3.8) is 0 Å². The van der Waals surface area contributed by atoms with Gasteiger partial charge >= 0.3 is 0 Å². The molecule has 24 heavy (non-hydrogen) atoms. The molecule has 122 valence electrons. The van der Waals surface area contributed by atoms with Gasteiger partial charge < -0.3 is 0 Å². The summed E-state index contributed by atoms with van der Waals surface area (Å²) >= 11 is 5.94. The summed E-state index contributed by atoms with van der Waals surface area (Å²) in [6.07, 6.45) is 0. The van der Waals surface area contributed by atoms with E-state index < -0.39 is 32.8 Å². The van der Waals surface area contributed by atoms with Gasteiger partial charge in [0.15, 0.2) is 11.6 Å². The Hall–Kier alpha value is -1.92. The topological polar surface area (TPSA) is 68.3 Å². The maximum atomic E-state index is 12.2. The number of halogens is 2. The van der Waals surface area contributed by atoms with Gasteiger partial charge in [0.1, 0.15) is 9.65 Å². The molecule has 2 unspecified atom stereocenters. The maximum absolute atomic E-state index is 12.2. The fraction of sp³-hybridized carbons (Fsp3) is 0.111. The fourth-order valence-corrected chi connectivity index (χ4v) is 2.97. The predicted molar refractivity (Wildman–Crippen MR) is 97.0 cm³/mol. The van der Waals surface area contributed by atoms with Crippen molar-refractivity contribution >= 4 is 55.0 Å². The molecule has 2 rings (SSSR count). The maximum Gasteiger partial charge on any atom is 0.221 e. The van der Waals surface area contributed by atoms with Gasteiger partial charge in [-0.15, -0.1) is 0 Å². The number of carbonyl (C=O) groups is 4. The lowest BCUT2D eigenvalue weighted by atomic mass is 9.99. The van der Waals surface area contributed by atoms with E-state index in [-0.39, 0.29) is 0 Å². The zero-order chi connectivity index (χ0) is 17.7. The Bertz CT molecular complexity index is 705. The Morgan fingerprint density at radius 1 is 0.583 bits per heavy atom. The summed E-state index contributed by atoms with van der Waals surface area (Å²) in [5.74, 6) is -2.98. The van der Waals surface area contributed by atoms with Crippen LogP contribution in [0.4, 0.5) is 0 Å². The van der Waals surface area contributed by atoms with Gasteiger partial charge in [-0.25, -0.2) is 0 Å². The van der Waals surface area contributed by atoms with Crippen LogP contribution in [0.25, 0.3) is 0 Å². The summed E-state index contributed by atoms with van der Waals surface area (Å²) in [4.78, 5) is 46.3. The number of carbonyl (C=O) groups excluding carboxylic acids is 4. The second-order valence-corrected chi connectivity index (χ2v) is 6.75. The van der Waals surface area contributed by atoms with E-state index in [1.807, 2.05) is 0 Å². The van der Waals surface area contributed by atoms with Gasteiger partial charge in [0.2, 0.25) is 11.6 Å². The first kappa shape index (κ1) is 18.4. The lowest BCUT2D eigenvalue weighted by Gasteiger charge is -2.11. The average Bonchev–Trinajstić information content (AvgIpc) is 2.65. The number of alkyl halides is 2. The van der Waals surface area contributed by atoms with Gasteiger partial charge in [-0.1, -0.05) is 92.5 Å². The lowest BCUT2D eigenvalue weighted by molar-refractivity contribution is -0.134. The molecule has 0 spiro atoms. The molecule has 6 heteroatoms. The van der Waals surface area contributed by atoms with E-state index >= 15 is 0 Å². The first-order chi connectivity index (χ1) is 11.4. The van der Waals surface area contributed by atoms with Crippen molar-refractivity contribution in [2.24, 2.45) is 0 Å². The van der Waals surface area contributed by atoms with Gasteiger partial charge in [-0.3, -0.25) is 19.2 Å². The Morgan fingerprint density at radius 2 is 0.875 bits per heavy atom. The molecular weight excluding hydrogens is 440 g/mol. The van der Waals surface area contributed by atoms with Crippen molar-refractivity contribution in [2.75, 3.05) is 0 Å². The smallest absolute Gasteiger partial charge is 0.221 e. The zero-order valence-electron chi connectivity index (χ0n) is 12.3. The van der Waals surface area contributed by atoms with Gasteiger partial charge in [0.05, 0.1) is 0 Å². The van der Waals surface area contributed by atoms with Crippen molar-refractivity contribution in [1.29, 1.82) is 0 Å². The number of hydrogen-bond acceptors (Lipinski definition) is 4. The van der Waals surface area contributed by atoms with Crippen LogP contribution in [-0.4, -0.2) is 32.8 Å². The molecule has 0 fully saturated rings. The largest absolute Gasteiger partial charge is 0.292 e.